The second kappa shape index (κ2) is 11.9. The summed E-state index contributed by atoms with van der Waals surface area (Å²) in [7, 11) is 0. The summed E-state index contributed by atoms with van der Waals surface area (Å²) in [4.78, 5) is 23.3. The van der Waals surface area contributed by atoms with Gasteiger partial charge in [0.1, 0.15) is 34.7 Å². The summed E-state index contributed by atoms with van der Waals surface area (Å²) >= 11 is 1.45. The van der Waals surface area contributed by atoms with Crippen molar-refractivity contribution in [1.29, 1.82) is 0 Å². The fourth-order valence-electron chi connectivity index (χ4n) is 4.46. The van der Waals surface area contributed by atoms with Crippen molar-refractivity contribution >= 4 is 21.6 Å². The summed E-state index contributed by atoms with van der Waals surface area (Å²) in [6.45, 7) is 0.704. The Bertz CT molecular complexity index is 1590. The third-order valence-corrected chi connectivity index (χ3v) is 7.50. The van der Waals surface area contributed by atoms with Crippen molar-refractivity contribution in [2.24, 2.45) is 0 Å². The molecular formula is C28H27F2N5O3S. The van der Waals surface area contributed by atoms with Gasteiger partial charge in [0.25, 0.3) is 5.56 Å². The molecule has 5 aromatic rings. The molecular weight excluding hydrogens is 524 g/mol. The quantitative estimate of drug-likeness (QED) is 0.230. The summed E-state index contributed by atoms with van der Waals surface area (Å²) in [6.07, 6.45) is 6.56. The van der Waals surface area contributed by atoms with Gasteiger partial charge in [0.2, 0.25) is 0 Å². The molecule has 39 heavy (non-hydrogen) atoms. The minimum Gasteiger partial charge on any atom is -0.381 e. The number of unbranched alkanes of at least 4 members (excludes halogenated alkanes) is 1. The number of benzene rings is 2. The molecule has 0 amide bonds. The maximum Gasteiger partial charge on any atom is 0.262 e. The maximum atomic E-state index is 14.8. The second-order valence-corrected chi connectivity index (χ2v) is 10.5. The van der Waals surface area contributed by atoms with Gasteiger partial charge in [-0.15, -0.1) is 11.3 Å². The zero-order valence-corrected chi connectivity index (χ0v) is 21.9. The standard InChI is InChI=1S/C28H27F2N5O3S/c29-21-9-10-24(25(30)12-21)28(37,16-35-18-31-17-33-35)15-34-19-32-26-23(27(34)36)13-22(39-26)8-4-5-11-38-14-20-6-2-1-3-7-20/h1-3,6-7,9-10,12-13,17-19,37H,4-5,8,11,14-16H2. The van der Waals surface area contributed by atoms with E-state index in [2.05, 4.69) is 15.1 Å². The van der Waals surface area contributed by atoms with E-state index in [-0.39, 0.29) is 24.2 Å². The minimum absolute atomic E-state index is 0.160. The Morgan fingerprint density at radius 2 is 1.87 bits per heavy atom. The van der Waals surface area contributed by atoms with Gasteiger partial charge >= 0.3 is 0 Å². The maximum absolute atomic E-state index is 14.8. The molecule has 0 fully saturated rings. The van der Waals surface area contributed by atoms with Crippen LogP contribution in [0.15, 0.2) is 78.4 Å². The molecule has 0 spiro atoms. The number of halogens is 2. The van der Waals surface area contributed by atoms with Crippen LogP contribution in [0.25, 0.3) is 10.2 Å². The van der Waals surface area contributed by atoms with Crippen molar-refractivity contribution in [2.75, 3.05) is 6.61 Å². The molecule has 0 radical (unpaired) electrons. The van der Waals surface area contributed by atoms with E-state index in [4.69, 9.17) is 4.74 Å². The van der Waals surface area contributed by atoms with Gasteiger partial charge in [0.05, 0.1) is 31.4 Å². The Balaban J connectivity index is 1.28. The van der Waals surface area contributed by atoms with Crippen LogP contribution in [0.4, 0.5) is 8.78 Å². The van der Waals surface area contributed by atoms with Crippen molar-refractivity contribution in [3.05, 3.63) is 112 Å². The number of aliphatic hydroxyl groups is 1. The lowest BCUT2D eigenvalue weighted by Crippen LogP contribution is -2.40. The summed E-state index contributed by atoms with van der Waals surface area (Å²) in [5, 5.41) is 16.0. The molecule has 8 nitrogen and oxygen atoms in total. The van der Waals surface area contributed by atoms with E-state index in [0.717, 1.165) is 35.8 Å². The fraction of sp³-hybridized carbons (Fsp3) is 0.286. The smallest absolute Gasteiger partial charge is 0.262 e. The lowest BCUT2D eigenvalue weighted by Gasteiger charge is -2.29. The van der Waals surface area contributed by atoms with Crippen LogP contribution in [0.5, 0.6) is 0 Å². The minimum atomic E-state index is -1.93. The van der Waals surface area contributed by atoms with Gasteiger partial charge in [-0.3, -0.25) is 9.36 Å². The third kappa shape index (κ3) is 6.44. The van der Waals surface area contributed by atoms with Crippen LogP contribution < -0.4 is 5.56 Å². The zero-order chi connectivity index (χ0) is 27.2. The van der Waals surface area contributed by atoms with Gasteiger partial charge in [0.15, 0.2) is 0 Å². The molecule has 1 unspecified atom stereocenters. The van der Waals surface area contributed by atoms with Gasteiger partial charge in [-0.25, -0.2) is 23.4 Å². The lowest BCUT2D eigenvalue weighted by molar-refractivity contribution is -0.00640. The molecule has 11 heteroatoms. The van der Waals surface area contributed by atoms with Gasteiger partial charge in [0, 0.05) is 23.1 Å². The summed E-state index contributed by atoms with van der Waals surface area (Å²) in [5.41, 5.74) is -1.30. The van der Waals surface area contributed by atoms with E-state index in [1.54, 1.807) is 0 Å². The Kier molecular flexibility index (Phi) is 8.20. The largest absolute Gasteiger partial charge is 0.381 e. The number of fused-ring (bicyclic) bond motifs is 1. The predicted molar refractivity (Wildman–Crippen MR) is 143 cm³/mol. The number of ether oxygens (including phenoxy) is 1. The summed E-state index contributed by atoms with van der Waals surface area (Å²) in [6, 6.07) is 14.8. The van der Waals surface area contributed by atoms with Crippen molar-refractivity contribution in [3.63, 3.8) is 0 Å². The number of rotatable bonds is 12. The Morgan fingerprint density at radius 1 is 1.03 bits per heavy atom. The van der Waals surface area contributed by atoms with Gasteiger partial charge in [-0.05, 0) is 37.0 Å². The highest BCUT2D eigenvalue weighted by molar-refractivity contribution is 7.18. The van der Waals surface area contributed by atoms with Crippen molar-refractivity contribution in [1.82, 2.24) is 24.3 Å². The number of nitrogens with zero attached hydrogens (tertiary/aromatic N) is 5. The third-order valence-electron chi connectivity index (χ3n) is 6.40. The Hall–Kier alpha value is -3.80. The molecule has 0 saturated carbocycles. The molecule has 3 heterocycles. The first-order valence-corrected chi connectivity index (χ1v) is 13.3. The van der Waals surface area contributed by atoms with Gasteiger partial charge in [-0.2, -0.15) is 5.10 Å². The number of hydrogen-bond donors (Lipinski definition) is 1. The first kappa shape index (κ1) is 26.8. The average Bonchev–Trinajstić information content (AvgIpc) is 3.58. The van der Waals surface area contributed by atoms with Crippen LogP contribution in [0, 0.1) is 11.6 Å². The topological polar surface area (TPSA) is 95.1 Å². The highest BCUT2D eigenvalue weighted by Crippen LogP contribution is 2.29. The average molecular weight is 552 g/mol. The zero-order valence-electron chi connectivity index (χ0n) is 21.0. The molecule has 0 bridgehead atoms. The van der Waals surface area contributed by atoms with Crippen molar-refractivity contribution in [2.45, 2.75) is 44.6 Å². The number of thiophene rings is 1. The fourth-order valence-corrected chi connectivity index (χ4v) is 5.49. The highest BCUT2D eigenvalue weighted by atomic mass is 32.1. The van der Waals surface area contributed by atoms with E-state index in [1.807, 2.05) is 36.4 Å². The first-order chi connectivity index (χ1) is 18.9. The lowest BCUT2D eigenvalue weighted by atomic mass is 9.92. The van der Waals surface area contributed by atoms with Crippen LogP contribution >= 0.6 is 11.3 Å². The number of aryl methyl sites for hydroxylation is 1. The van der Waals surface area contributed by atoms with Crippen LogP contribution in [0.3, 0.4) is 0 Å². The van der Waals surface area contributed by atoms with Crippen molar-refractivity contribution in [3.8, 4) is 0 Å². The normalized spacial score (nSPS) is 13.1. The molecule has 5 rings (SSSR count). The van der Waals surface area contributed by atoms with Crippen LogP contribution in [0.2, 0.25) is 0 Å². The molecule has 0 aliphatic heterocycles. The molecule has 202 valence electrons. The molecule has 0 saturated heterocycles. The van der Waals surface area contributed by atoms with E-state index in [1.165, 1.54) is 45.6 Å². The molecule has 0 aliphatic carbocycles. The Labute approximate surface area is 227 Å². The summed E-state index contributed by atoms with van der Waals surface area (Å²) in [5.74, 6) is -1.70. The van der Waals surface area contributed by atoms with Crippen LogP contribution in [-0.4, -0.2) is 36.0 Å². The Morgan fingerprint density at radius 3 is 2.64 bits per heavy atom. The SMILES string of the molecule is O=c1c2cc(CCCCOCc3ccccc3)sc2ncn1CC(O)(Cn1cncn1)c1ccc(F)cc1F. The van der Waals surface area contributed by atoms with E-state index in [9.17, 15) is 18.7 Å². The molecule has 1 N–H and O–H groups in total. The monoisotopic (exact) mass is 551 g/mol. The second-order valence-electron chi connectivity index (χ2n) is 9.35. The highest BCUT2D eigenvalue weighted by Gasteiger charge is 2.35. The first-order valence-electron chi connectivity index (χ1n) is 12.5. The molecule has 3 aromatic heterocycles. The van der Waals surface area contributed by atoms with E-state index >= 15 is 0 Å². The molecule has 2 aromatic carbocycles. The van der Waals surface area contributed by atoms with Crippen LogP contribution in [-0.2, 0) is 36.5 Å². The van der Waals surface area contributed by atoms with Crippen molar-refractivity contribution < 1.29 is 18.6 Å². The number of hydrogen-bond acceptors (Lipinski definition) is 7. The number of aromatic nitrogens is 5. The van der Waals surface area contributed by atoms with E-state index < -0.39 is 17.2 Å². The van der Waals surface area contributed by atoms with Gasteiger partial charge < -0.3 is 9.84 Å². The van der Waals surface area contributed by atoms with Gasteiger partial charge in [-0.1, -0.05) is 36.4 Å². The molecule has 1 atom stereocenters. The summed E-state index contributed by atoms with van der Waals surface area (Å²) < 4.78 is 36.7. The predicted octanol–water partition coefficient (Wildman–Crippen LogP) is 4.46. The van der Waals surface area contributed by atoms with Crippen LogP contribution in [0.1, 0.15) is 28.8 Å². The molecule has 0 aliphatic rings. The van der Waals surface area contributed by atoms with E-state index in [0.29, 0.717) is 29.5 Å².